The molecular weight excluding hydrogens is 316 g/mol. The third kappa shape index (κ3) is 3.39. The zero-order chi connectivity index (χ0) is 18.6. The molecule has 0 spiro atoms. The lowest BCUT2D eigenvalue weighted by molar-refractivity contribution is -0.0108. The van der Waals surface area contributed by atoms with Crippen LogP contribution in [0.4, 0.5) is 4.79 Å². The van der Waals surface area contributed by atoms with Gasteiger partial charge in [-0.15, -0.1) is 0 Å². The fraction of sp³-hybridized carbons (Fsp3) is 0.647. The number of aromatic nitrogens is 1. The van der Waals surface area contributed by atoms with Crippen molar-refractivity contribution in [2.45, 2.75) is 64.3 Å². The second kappa shape index (κ2) is 5.86. The van der Waals surface area contributed by atoms with Crippen molar-refractivity contribution in [1.29, 1.82) is 0 Å². The summed E-state index contributed by atoms with van der Waals surface area (Å²) in [6.07, 6.45) is -0.778. The van der Waals surface area contributed by atoms with Crippen molar-refractivity contribution in [2.75, 3.05) is 0 Å². The summed E-state index contributed by atoms with van der Waals surface area (Å²) < 4.78 is 28.3. The summed E-state index contributed by atoms with van der Waals surface area (Å²) in [6.45, 7) is 7.31. The van der Waals surface area contributed by atoms with Gasteiger partial charge in [-0.2, -0.15) is 0 Å². The summed E-state index contributed by atoms with van der Waals surface area (Å²) in [6, 6.07) is 2.61. The van der Waals surface area contributed by atoms with E-state index in [2.05, 4.69) is 4.98 Å². The van der Waals surface area contributed by atoms with Gasteiger partial charge in [0.2, 0.25) is 5.88 Å². The van der Waals surface area contributed by atoms with Crippen LogP contribution in [0.5, 0.6) is 5.88 Å². The van der Waals surface area contributed by atoms with E-state index in [-0.39, 0.29) is 18.0 Å². The summed E-state index contributed by atoms with van der Waals surface area (Å²) >= 11 is 5.83. The molecule has 5 nitrogen and oxygen atoms in total. The van der Waals surface area contributed by atoms with Crippen molar-refractivity contribution in [3.8, 4) is 5.88 Å². The number of halogens is 1. The van der Waals surface area contributed by atoms with Crippen LogP contribution >= 0.6 is 11.6 Å². The summed E-state index contributed by atoms with van der Waals surface area (Å²) in [7, 11) is 0. The van der Waals surface area contributed by atoms with Crippen molar-refractivity contribution >= 4 is 17.7 Å². The highest BCUT2D eigenvalue weighted by atomic mass is 35.5. The van der Waals surface area contributed by atoms with Gasteiger partial charge in [0.1, 0.15) is 11.7 Å². The molecule has 23 heavy (non-hydrogen) atoms. The molecule has 126 valence electrons. The fourth-order valence-electron chi connectivity index (χ4n) is 3.16. The molecular formula is C17H23ClN2O3. The molecule has 1 saturated heterocycles. The minimum atomic E-state index is -1.55. The number of rotatable bonds is 2. The summed E-state index contributed by atoms with van der Waals surface area (Å²) in [5.41, 5.74) is -0.605. The van der Waals surface area contributed by atoms with E-state index < -0.39 is 24.2 Å². The minimum Gasteiger partial charge on any atom is -0.472 e. The molecule has 4 atom stereocenters. The van der Waals surface area contributed by atoms with Crippen LogP contribution in [-0.4, -0.2) is 39.8 Å². The molecule has 0 aromatic carbocycles. The standard InChI is InChI=1S/C17H23ClN2O3/c1-10-11-7-13(20(10)16(21)23-17(2,3)4)14(8-11)22-15-6-5-12(18)9-19-15/h5-6,9-11,13-14H,7-8H2,1-4H3/t10-,11-,13+,14?/m1/s1/i8D2. The molecule has 6 heteroatoms. The van der Waals surface area contributed by atoms with Crippen LogP contribution < -0.4 is 4.74 Å². The Morgan fingerprint density at radius 3 is 2.78 bits per heavy atom. The van der Waals surface area contributed by atoms with Crippen LogP contribution in [0.2, 0.25) is 5.02 Å². The molecule has 2 fully saturated rings. The zero-order valence-corrected chi connectivity index (χ0v) is 14.5. The predicted octanol–water partition coefficient (Wildman–Crippen LogP) is 3.90. The molecule has 2 aliphatic rings. The number of likely N-dealkylation sites (tertiary alicyclic amines) is 1. The number of ether oxygens (including phenoxy) is 2. The molecule has 2 bridgehead atoms. The topological polar surface area (TPSA) is 51.7 Å². The number of hydrogen-bond acceptors (Lipinski definition) is 4. The number of carbonyl (C=O) groups is 1. The Morgan fingerprint density at radius 1 is 1.48 bits per heavy atom. The zero-order valence-electron chi connectivity index (χ0n) is 15.7. The van der Waals surface area contributed by atoms with Gasteiger partial charge in [0.05, 0.1) is 11.1 Å². The Balaban J connectivity index is 1.83. The minimum absolute atomic E-state index is 0.243. The largest absolute Gasteiger partial charge is 0.472 e. The molecule has 1 aromatic heterocycles. The van der Waals surface area contributed by atoms with Crippen LogP contribution in [0.15, 0.2) is 18.3 Å². The van der Waals surface area contributed by atoms with Crippen LogP contribution in [-0.2, 0) is 4.74 Å². The van der Waals surface area contributed by atoms with E-state index in [4.69, 9.17) is 23.8 Å². The summed E-state index contributed by atoms with van der Waals surface area (Å²) in [5.74, 6) is -0.00932. The van der Waals surface area contributed by atoms with Crippen molar-refractivity contribution in [1.82, 2.24) is 9.88 Å². The monoisotopic (exact) mass is 340 g/mol. The first kappa shape index (κ1) is 13.9. The first-order valence-corrected chi connectivity index (χ1v) is 8.18. The molecule has 0 radical (unpaired) electrons. The smallest absolute Gasteiger partial charge is 0.410 e. The predicted molar refractivity (Wildman–Crippen MR) is 87.7 cm³/mol. The number of hydrogen-bond donors (Lipinski definition) is 0. The Kier molecular flexibility index (Phi) is 3.54. The average Bonchev–Trinajstić information content (AvgIpc) is 2.93. The fourth-order valence-corrected chi connectivity index (χ4v) is 3.27. The van der Waals surface area contributed by atoms with E-state index in [1.807, 2.05) is 27.7 Å². The van der Waals surface area contributed by atoms with E-state index in [0.717, 1.165) is 0 Å². The number of piperidine rings is 1. The lowest BCUT2D eigenvalue weighted by Crippen LogP contribution is -2.52. The van der Waals surface area contributed by atoms with E-state index >= 15 is 0 Å². The molecule has 1 amide bonds. The van der Waals surface area contributed by atoms with Gasteiger partial charge in [-0.25, -0.2) is 9.78 Å². The van der Waals surface area contributed by atoms with Crippen LogP contribution in [0, 0.1) is 5.92 Å². The number of fused-ring (bicyclic) bond motifs is 2. The maximum absolute atomic E-state index is 12.6. The molecule has 1 aliphatic heterocycles. The summed E-state index contributed by atoms with van der Waals surface area (Å²) in [5, 5.41) is 0.479. The third-order valence-corrected chi connectivity index (χ3v) is 4.38. The van der Waals surface area contributed by atoms with Gasteiger partial charge in [-0.3, -0.25) is 4.90 Å². The van der Waals surface area contributed by atoms with E-state index in [1.165, 1.54) is 6.20 Å². The SMILES string of the molecule is [2H]C1([2H])C(Oc2ccc(Cl)cn2)[C@@H]2C[C@H]1[C@@H](C)N2C(=O)OC(C)(C)C. The first-order chi connectivity index (χ1) is 11.5. The van der Waals surface area contributed by atoms with Gasteiger partial charge in [0, 0.05) is 21.0 Å². The molecule has 1 unspecified atom stereocenters. The van der Waals surface area contributed by atoms with Gasteiger partial charge in [0.15, 0.2) is 0 Å². The van der Waals surface area contributed by atoms with Crippen molar-refractivity contribution in [3.05, 3.63) is 23.4 Å². The maximum Gasteiger partial charge on any atom is 0.410 e. The molecule has 2 heterocycles. The quantitative estimate of drug-likeness (QED) is 0.819. The van der Waals surface area contributed by atoms with Crippen LogP contribution in [0.25, 0.3) is 0 Å². The number of pyridine rings is 1. The second-order valence-corrected chi connectivity index (χ2v) is 7.49. The summed E-state index contributed by atoms with van der Waals surface area (Å²) in [4.78, 5) is 18.3. The molecule has 1 aliphatic carbocycles. The molecule has 0 N–H and O–H groups in total. The van der Waals surface area contributed by atoms with Crippen molar-refractivity contribution in [3.63, 3.8) is 0 Å². The average molecular weight is 341 g/mol. The molecule has 1 saturated carbocycles. The normalized spacial score (nSPS) is 33.2. The first-order valence-electron chi connectivity index (χ1n) is 8.80. The van der Waals surface area contributed by atoms with Gasteiger partial charge < -0.3 is 9.47 Å². The number of amides is 1. The van der Waals surface area contributed by atoms with Crippen molar-refractivity contribution < 1.29 is 17.0 Å². The highest BCUT2D eigenvalue weighted by Gasteiger charge is 2.53. The Labute approximate surface area is 144 Å². The molecule has 1 aromatic rings. The lowest BCUT2D eigenvalue weighted by atomic mass is 9.99. The number of carbonyl (C=O) groups excluding carboxylic acids is 1. The van der Waals surface area contributed by atoms with Crippen LogP contribution in [0.1, 0.15) is 43.2 Å². The van der Waals surface area contributed by atoms with Crippen LogP contribution in [0.3, 0.4) is 0 Å². The highest BCUT2D eigenvalue weighted by Crippen LogP contribution is 2.44. The lowest BCUT2D eigenvalue weighted by Gasteiger charge is -2.38. The van der Waals surface area contributed by atoms with Gasteiger partial charge >= 0.3 is 6.09 Å². The Morgan fingerprint density at radius 2 is 2.22 bits per heavy atom. The van der Waals surface area contributed by atoms with Crippen molar-refractivity contribution in [2.24, 2.45) is 5.92 Å². The molecule has 3 rings (SSSR count). The number of nitrogens with zero attached hydrogens (tertiary/aromatic N) is 2. The van der Waals surface area contributed by atoms with Gasteiger partial charge in [-0.1, -0.05) is 11.6 Å². The van der Waals surface area contributed by atoms with Gasteiger partial charge in [-0.05, 0) is 52.5 Å². The highest BCUT2D eigenvalue weighted by molar-refractivity contribution is 6.30. The van der Waals surface area contributed by atoms with E-state index in [0.29, 0.717) is 17.3 Å². The third-order valence-electron chi connectivity index (χ3n) is 4.15. The second-order valence-electron chi connectivity index (χ2n) is 7.06. The van der Waals surface area contributed by atoms with Gasteiger partial charge in [0.25, 0.3) is 0 Å². The maximum atomic E-state index is 12.6. The Bertz CT molecular complexity index is 663. The van der Waals surface area contributed by atoms with E-state index in [9.17, 15) is 4.79 Å². The Hall–Kier alpha value is -1.49. The van der Waals surface area contributed by atoms with E-state index in [1.54, 1.807) is 17.0 Å².